The Balaban J connectivity index is 2.54. The smallest absolute Gasteiger partial charge is 0.307 e. The largest absolute Gasteiger partial charge is 0.481 e. The molecule has 2 aromatic rings. The molecule has 5 nitrogen and oxygen atoms in total. The van der Waals surface area contributed by atoms with Crippen LogP contribution in [0.15, 0.2) is 18.3 Å². The predicted molar refractivity (Wildman–Crippen MR) is 53.7 cm³/mol. The van der Waals surface area contributed by atoms with E-state index in [1.54, 1.807) is 22.8 Å². The van der Waals surface area contributed by atoms with Crippen LogP contribution in [0.5, 0.6) is 0 Å². The maximum Gasteiger partial charge on any atom is 0.307 e. The Bertz CT molecular complexity index is 504. The summed E-state index contributed by atoms with van der Waals surface area (Å²) in [6, 6.07) is 3.54. The van der Waals surface area contributed by atoms with E-state index in [2.05, 4.69) is 10.1 Å². The molecule has 0 saturated carbocycles. The van der Waals surface area contributed by atoms with Crippen LogP contribution in [0, 0.1) is 0 Å². The van der Waals surface area contributed by atoms with Crippen molar-refractivity contribution in [2.45, 2.75) is 19.8 Å². The van der Waals surface area contributed by atoms with E-state index in [-0.39, 0.29) is 6.42 Å². The first-order chi connectivity index (χ1) is 7.20. The summed E-state index contributed by atoms with van der Waals surface area (Å²) in [7, 11) is 0. The lowest BCUT2D eigenvalue weighted by Gasteiger charge is -1.97. The summed E-state index contributed by atoms with van der Waals surface area (Å²) in [5, 5.41) is 12.9. The molecule has 2 heterocycles. The number of carboxylic acid groups (broad SMARTS) is 1. The molecule has 0 bridgehead atoms. The molecule has 0 aliphatic heterocycles. The van der Waals surface area contributed by atoms with Gasteiger partial charge in [-0.2, -0.15) is 5.10 Å². The Morgan fingerprint density at radius 3 is 3.07 bits per heavy atom. The Hall–Kier alpha value is -1.91. The fourth-order valence-electron chi connectivity index (χ4n) is 1.46. The molecule has 2 rings (SSSR count). The van der Waals surface area contributed by atoms with E-state index in [0.717, 1.165) is 12.2 Å². The van der Waals surface area contributed by atoms with Crippen molar-refractivity contribution in [2.75, 3.05) is 0 Å². The van der Waals surface area contributed by atoms with Crippen molar-refractivity contribution in [3.8, 4) is 0 Å². The van der Waals surface area contributed by atoms with Crippen LogP contribution < -0.4 is 0 Å². The number of aryl methyl sites for hydroxylation is 1. The van der Waals surface area contributed by atoms with E-state index >= 15 is 0 Å². The van der Waals surface area contributed by atoms with Crippen molar-refractivity contribution in [3.63, 3.8) is 0 Å². The average Bonchev–Trinajstić information content (AvgIpc) is 2.61. The van der Waals surface area contributed by atoms with Crippen LogP contribution in [0.4, 0.5) is 0 Å². The average molecular weight is 205 g/mol. The highest BCUT2D eigenvalue weighted by atomic mass is 16.4. The third kappa shape index (κ3) is 1.81. The van der Waals surface area contributed by atoms with Gasteiger partial charge in [-0.3, -0.25) is 4.79 Å². The second kappa shape index (κ2) is 3.68. The van der Waals surface area contributed by atoms with Crippen LogP contribution in [0.3, 0.4) is 0 Å². The summed E-state index contributed by atoms with van der Waals surface area (Å²) in [5.74, 6) is -0.128. The summed E-state index contributed by atoms with van der Waals surface area (Å²) in [5.41, 5.74) is 1.33. The van der Waals surface area contributed by atoms with Gasteiger partial charge in [0.25, 0.3) is 0 Å². The molecule has 5 heteroatoms. The molecular weight excluding hydrogens is 194 g/mol. The van der Waals surface area contributed by atoms with Crippen molar-refractivity contribution >= 4 is 11.6 Å². The molecule has 0 radical (unpaired) electrons. The topological polar surface area (TPSA) is 67.5 Å². The Labute approximate surface area is 86.4 Å². The Morgan fingerprint density at radius 1 is 1.60 bits per heavy atom. The first kappa shape index (κ1) is 9.64. The van der Waals surface area contributed by atoms with Crippen LogP contribution in [-0.4, -0.2) is 25.7 Å². The van der Waals surface area contributed by atoms with Gasteiger partial charge in [-0.15, -0.1) is 0 Å². The van der Waals surface area contributed by atoms with Crippen LogP contribution >= 0.6 is 0 Å². The summed E-state index contributed by atoms with van der Waals surface area (Å²) >= 11 is 0. The highest BCUT2D eigenvalue weighted by molar-refractivity contribution is 5.73. The number of hydrogen-bond acceptors (Lipinski definition) is 3. The molecule has 0 saturated heterocycles. The normalized spacial score (nSPS) is 10.7. The number of carbonyl (C=O) groups is 1. The minimum atomic E-state index is -0.857. The van der Waals surface area contributed by atoms with Crippen molar-refractivity contribution < 1.29 is 9.90 Å². The number of rotatable bonds is 3. The van der Waals surface area contributed by atoms with E-state index in [1.165, 1.54) is 0 Å². The highest BCUT2D eigenvalue weighted by Gasteiger charge is 2.09. The fraction of sp³-hybridized carbons (Fsp3) is 0.300. The lowest BCUT2D eigenvalue weighted by atomic mass is 10.2. The van der Waals surface area contributed by atoms with Gasteiger partial charge >= 0.3 is 5.97 Å². The summed E-state index contributed by atoms with van der Waals surface area (Å²) in [6.45, 7) is 1.96. The van der Waals surface area contributed by atoms with Crippen LogP contribution in [0.2, 0.25) is 0 Å². The zero-order valence-electron chi connectivity index (χ0n) is 8.34. The van der Waals surface area contributed by atoms with Gasteiger partial charge in [0.15, 0.2) is 11.5 Å². The van der Waals surface area contributed by atoms with Crippen LogP contribution in [-0.2, 0) is 17.6 Å². The molecule has 0 amide bonds. The Kier molecular flexibility index (Phi) is 2.37. The fourth-order valence-corrected chi connectivity index (χ4v) is 1.46. The number of pyridine rings is 1. The lowest BCUT2D eigenvalue weighted by Crippen LogP contribution is -2.02. The highest BCUT2D eigenvalue weighted by Crippen LogP contribution is 2.09. The minimum Gasteiger partial charge on any atom is -0.481 e. The number of aliphatic carboxylic acids is 1. The van der Waals surface area contributed by atoms with Crippen molar-refractivity contribution in [3.05, 3.63) is 29.7 Å². The first-order valence-electron chi connectivity index (χ1n) is 4.75. The monoisotopic (exact) mass is 205 g/mol. The first-order valence-corrected chi connectivity index (χ1v) is 4.75. The molecule has 0 unspecified atom stereocenters. The molecule has 0 fully saturated rings. The molecule has 2 aromatic heterocycles. The van der Waals surface area contributed by atoms with E-state index < -0.39 is 5.97 Å². The second-order valence-corrected chi connectivity index (χ2v) is 3.25. The summed E-state index contributed by atoms with van der Waals surface area (Å²) < 4.78 is 1.62. The van der Waals surface area contributed by atoms with Gasteiger partial charge in [0.2, 0.25) is 0 Å². The van der Waals surface area contributed by atoms with E-state index in [1.807, 2.05) is 6.92 Å². The van der Waals surface area contributed by atoms with Gasteiger partial charge in [0.05, 0.1) is 6.42 Å². The molecule has 15 heavy (non-hydrogen) atoms. The maximum atomic E-state index is 10.6. The minimum absolute atomic E-state index is 0.0216. The molecule has 1 N–H and O–H groups in total. The number of aromatic nitrogens is 3. The third-order valence-corrected chi connectivity index (χ3v) is 2.14. The van der Waals surface area contributed by atoms with Gasteiger partial charge in [0, 0.05) is 18.2 Å². The van der Waals surface area contributed by atoms with Crippen molar-refractivity contribution in [1.82, 2.24) is 14.6 Å². The number of hydrogen-bond donors (Lipinski definition) is 1. The van der Waals surface area contributed by atoms with Crippen molar-refractivity contribution in [1.29, 1.82) is 0 Å². The standard InChI is InChI=1S/C10H11N3O2/c1-2-8-11-10-7(6-9(14)15)4-3-5-13(10)12-8/h3-5H,2,6H2,1H3,(H,14,15). The quantitative estimate of drug-likeness (QED) is 0.809. The van der Waals surface area contributed by atoms with Gasteiger partial charge in [-0.25, -0.2) is 9.50 Å². The molecule has 0 aromatic carbocycles. The molecule has 0 aliphatic carbocycles. The molecular formula is C10H11N3O2. The predicted octanol–water partition coefficient (Wildman–Crippen LogP) is 0.919. The van der Waals surface area contributed by atoms with E-state index in [4.69, 9.17) is 5.11 Å². The number of carboxylic acids is 1. The van der Waals surface area contributed by atoms with Gasteiger partial charge in [-0.05, 0) is 6.07 Å². The van der Waals surface area contributed by atoms with Crippen LogP contribution in [0.25, 0.3) is 5.65 Å². The van der Waals surface area contributed by atoms with E-state index in [0.29, 0.717) is 11.2 Å². The van der Waals surface area contributed by atoms with E-state index in [9.17, 15) is 4.79 Å². The van der Waals surface area contributed by atoms with Gasteiger partial charge in [-0.1, -0.05) is 13.0 Å². The van der Waals surface area contributed by atoms with Gasteiger partial charge in [0.1, 0.15) is 0 Å². The summed E-state index contributed by atoms with van der Waals surface area (Å²) in [6.07, 6.45) is 2.49. The number of fused-ring (bicyclic) bond motifs is 1. The molecule has 0 spiro atoms. The second-order valence-electron chi connectivity index (χ2n) is 3.25. The number of nitrogens with zero attached hydrogens (tertiary/aromatic N) is 3. The SMILES string of the molecule is CCc1nc2c(CC(=O)O)cccn2n1. The Morgan fingerprint density at radius 2 is 2.40 bits per heavy atom. The summed E-state index contributed by atoms with van der Waals surface area (Å²) in [4.78, 5) is 14.9. The lowest BCUT2D eigenvalue weighted by molar-refractivity contribution is -0.136. The molecule has 0 atom stereocenters. The zero-order chi connectivity index (χ0) is 10.8. The zero-order valence-corrected chi connectivity index (χ0v) is 8.34. The third-order valence-electron chi connectivity index (χ3n) is 2.14. The molecule has 0 aliphatic rings. The van der Waals surface area contributed by atoms with Gasteiger partial charge < -0.3 is 5.11 Å². The molecule has 78 valence electrons. The van der Waals surface area contributed by atoms with Crippen LogP contribution in [0.1, 0.15) is 18.3 Å². The maximum absolute atomic E-state index is 10.6. The van der Waals surface area contributed by atoms with Crippen molar-refractivity contribution in [2.24, 2.45) is 0 Å².